The minimum Gasteiger partial charge on any atom is -0.342 e. The number of likely N-dealkylation sites (tertiary alicyclic amines) is 1. The van der Waals surface area contributed by atoms with Crippen molar-refractivity contribution in [1.82, 2.24) is 10.2 Å². The number of halogens is 1. The van der Waals surface area contributed by atoms with E-state index in [4.69, 9.17) is 0 Å². The molecule has 1 saturated carbocycles. The van der Waals surface area contributed by atoms with Crippen LogP contribution in [0.4, 0.5) is 0 Å². The van der Waals surface area contributed by atoms with E-state index in [1.807, 2.05) is 7.05 Å². The number of nitrogens with zero attached hydrogens (tertiary/aromatic N) is 1. The van der Waals surface area contributed by atoms with Gasteiger partial charge in [0.05, 0.1) is 0 Å². The van der Waals surface area contributed by atoms with Crippen molar-refractivity contribution in [3.63, 3.8) is 0 Å². The Morgan fingerprint density at radius 3 is 2.61 bits per heavy atom. The molecule has 0 spiro atoms. The first-order valence-corrected chi connectivity index (χ1v) is 7.22. The molecule has 2 rings (SSSR count). The summed E-state index contributed by atoms with van der Waals surface area (Å²) < 4.78 is 0. The Kier molecular flexibility index (Phi) is 7.02. The first kappa shape index (κ1) is 15.8. The molecule has 0 aromatic rings. The van der Waals surface area contributed by atoms with Crippen LogP contribution in [0.25, 0.3) is 0 Å². The monoisotopic (exact) mass is 274 g/mol. The first-order valence-electron chi connectivity index (χ1n) is 7.22. The number of hydrogen-bond donors (Lipinski definition) is 1. The second kappa shape index (κ2) is 8.00. The number of rotatable bonds is 5. The quantitative estimate of drug-likeness (QED) is 0.835. The van der Waals surface area contributed by atoms with Gasteiger partial charge < -0.3 is 10.2 Å². The Labute approximate surface area is 117 Å². The van der Waals surface area contributed by atoms with Crippen molar-refractivity contribution in [2.24, 2.45) is 11.8 Å². The number of amides is 1. The SMILES string of the molecule is CNCC1CCN(C(=O)CCC2CCCC2)C1.Cl. The molecule has 4 heteroatoms. The smallest absolute Gasteiger partial charge is 0.222 e. The molecule has 106 valence electrons. The van der Waals surface area contributed by atoms with E-state index < -0.39 is 0 Å². The summed E-state index contributed by atoms with van der Waals surface area (Å²) in [5.41, 5.74) is 0. The van der Waals surface area contributed by atoms with Crippen LogP contribution in [0.15, 0.2) is 0 Å². The fourth-order valence-corrected chi connectivity index (χ4v) is 3.30. The molecule has 0 aromatic heterocycles. The lowest BCUT2D eigenvalue weighted by molar-refractivity contribution is -0.130. The number of carbonyl (C=O) groups is 1. The Morgan fingerprint density at radius 1 is 1.22 bits per heavy atom. The molecule has 2 fully saturated rings. The van der Waals surface area contributed by atoms with E-state index in [9.17, 15) is 4.79 Å². The van der Waals surface area contributed by atoms with Crippen molar-refractivity contribution in [1.29, 1.82) is 0 Å². The van der Waals surface area contributed by atoms with Crippen molar-refractivity contribution in [2.45, 2.75) is 44.9 Å². The van der Waals surface area contributed by atoms with Gasteiger partial charge in [-0.15, -0.1) is 12.4 Å². The van der Waals surface area contributed by atoms with Gasteiger partial charge in [-0.3, -0.25) is 4.79 Å². The Morgan fingerprint density at radius 2 is 1.94 bits per heavy atom. The summed E-state index contributed by atoms with van der Waals surface area (Å²) in [7, 11) is 1.99. The van der Waals surface area contributed by atoms with Gasteiger partial charge in [-0.05, 0) is 38.3 Å². The maximum absolute atomic E-state index is 12.1. The van der Waals surface area contributed by atoms with Gasteiger partial charge in [0.25, 0.3) is 0 Å². The van der Waals surface area contributed by atoms with E-state index in [-0.39, 0.29) is 12.4 Å². The molecule has 2 aliphatic rings. The van der Waals surface area contributed by atoms with E-state index in [1.165, 1.54) is 32.1 Å². The van der Waals surface area contributed by atoms with Crippen molar-refractivity contribution >= 4 is 18.3 Å². The first-order chi connectivity index (χ1) is 8.29. The van der Waals surface area contributed by atoms with Crippen molar-refractivity contribution < 1.29 is 4.79 Å². The van der Waals surface area contributed by atoms with Crippen LogP contribution in [0.1, 0.15) is 44.9 Å². The molecule has 1 aliphatic heterocycles. The van der Waals surface area contributed by atoms with E-state index in [0.717, 1.165) is 38.4 Å². The molecule has 3 nitrogen and oxygen atoms in total. The summed E-state index contributed by atoms with van der Waals surface area (Å²) in [6.07, 6.45) is 8.57. The molecule has 0 bridgehead atoms. The molecule has 1 amide bonds. The van der Waals surface area contributed by atoms with Crippen LogP contribution in [-0.4, -0.2) is 37.5 Å². The summed E-state index contributed by atoms with van der Waals surface area (Å²) in [6.45, 7) is 3.01. The van der Waals surface area contributed by atoms with Gasteiger partial charge in [0.15, 0.2) is 0 Å². The molecule has 1 saturated heterocycles. The fourth-order valence-electron chi connectivity index (χ4n) is 3.30. The largest absolute Gasteiger partial charge is 0.342 e. The van der Waals surface area contributed by atoms with Crippen LogP contribution in [0, 0.1) is 11.8 Å². The van der Waals surface area contributed by atoms with Crippen LogP contribution in [-0.2, 0) is 4.79 Å². The highest BCUT2D eigenvalue weighted by Gasteiger charge is 2.26. The molecule has 1 unspecified atom stereocenters. The van der Waals surface area contributed by atoms with Crippen LogP contribution >= 0.6 is 12.4 Å². The lowest BCUT2D eigenvalue weighted by atomic mass is 10.0. The number of carbonyl (C=O) groups excluding carboxylic acids is 1. The minimum atomic E-state index is 0. The lowest BCUT2D eigenvalue weighted by Gasteiger charge is -2.17. The topological polar surface area (TPSA) is 32.3 Å². The fraction of sp³-hybridized carbons (Fsp3) is 0.929. The third-order valence-electron chi connectivity index (χ3n) is 4.37. The van der Waals surface area contributed by atoms with Gasteiger partial charge in [0.2, 0.25) is 5.91 Å². The highest BCUT2D eigenvalue weighted by atomic mass is 35.5. The lowest BCUT2D eigenvalue weighted by Crippen LogP contribution is -2.30. The molecule has 1 aliphatic carbocycles. The third kappa shape index (κ3) is 4.43. The van der Waals surface area contributed by atoms with Gasteiger partial charge in [0.1, 0.15) is 0 Å². The van der Waals surface area contributed by atoms with Crippen LogP contribution < -0.4 is 5.32 Å². The zero-order valence-corrected chi connectivity index (χ0v) is 12.3. The molecule has 1 N–H and O–H groups in total. The molecule has 1 atom stereocenters. The summed E-state index contributed by atoms with van der Waals surface area (Å²) >= 11 is 0. The zero-order chi connectivity index (χ0) is 12.1. The van der Waals surface area contributed by atoms with Crippen molar-refractivity contribution in [3.8, 4) is 0 Å². The van der Waals surface area contributed by atoms with Crippen LogP contribution in [0.3, 0.4) is 0 Å². The average Bonchev–Trinajstić information content (AvgIpc) is 2.97. The Balaban J connectivity index is 0.00000162. The maximum atomic E-state index is 12.1. The Hall–Kier alpha value is -0.280. The summed E-state index contributed by atoms with van der Waals surface area (Å²) in [5, 5.41) is 3.21. The Bertz CT molecular complexity index is 254. The van der Waals surface area contributed by atoms with Gasteiger partial charge in [-0.25, -0.2) is 0 Å². The van der Waals surface area contributed by atoms with E-state index in [0.29, 0.717) is 11.8 Å². The highest BCUT2D eigenvalue weighted by Crippen LogP contribution is 2.29. The van der Waals surface area contributed by atoms with E-state index in [2.05, 4.69) is 10.2 Å². The molecule has 0 radical (unpaired) electrons. The predicted octanol–water partition coefficient (Wildman–Crippen LogP) is 2.45. The van der Waals surface area contributed by atoms with E-state index in [1.54, 1.807) is 0 Å². The van der Waals surface area contributed by atoms with E-state index >= 15 is 0 Å². The molecule has 1 heterocycles. The van der Waals surface area contributed by atoms with Crippen LogP contribution in [0.2, 0.25) is 0 Å². The average molecular weight is 275 g/mol. The molecular formula is C14H27ClN2O. The molecule has 18 heavy (non-hydrogen) atoms. The molecule has 0 aromatic carbocycles. The standard InChI is InChI=1S/C14H26N2O.ClH/c1-15-10-13-8-9-16(11-13)14(17)7-6-12-4-2-3-5-12;/h12-13,15H,2-11H2,1H3;1H. The second-order valence-electron chi connectivity index (χ2n) is 5.74. The van der Waals surface area contributed by atoms with Gasteiger partial charge in [0, 0.05) is 19.5 Å². The van der Waals surface area contributed by atoms with Gasteiger partial charge in [-0.1, -0.05) is 25.7 Å². The van der Waals surface area contributed by atoms with Crippen molar-refractivity contribution in [3.05, 3.63) is 0 Å². The summed E-state index contributed by atoms with van der Waals surface area (Å²) in [4.78, 5) is 14.1. The zero-order valence-electron chi connectivity index (χ0n) is 11.5. The number of hydrogen-bond acceptors (Lipinski definition) is 2. The summed E-state index contributed by atoms with van der Waals surface area (Å²) in [6, 6.07) is 0. The predicted molar refractivity (Wildman–Crippen MR) is 77.1 cm³/mol. The molecular weight excluding hydrogens is 248 g/mol. The summed E-state index contributed by atoms with van der Waals surface area (Å²) in [5.74, 6) is 1.92. The maximum Gasteiger partial charge on any atom is 0.222 e. The third-order valence-corrected chi connectivity index (χ3v) is 4.37. The highest BCUT2D eigenvalue weighted by molar-refractivity contribution is 5.85. The minimum absolute atomic E-state index is 0. The van der Waals surface area contributed by atoms with Gasteiger partial charge in [-0.2, -0.15) is 0 Å². The normalized spacial score (nSPS) is 24.3. The van der Waals surface area contributed by atoms with Crippen molar-refractivity contribution in [2.75, 3.05) is 26.7 Å². The number of nitrogens with one attached hydrogen (secondary N) is 1. The van der Waals surface area contributed by atoms with Crippen LogP contribution in [0.5, 0.6) is 0 Å². The van der Waals surface area contributed by atoms with Gasteiger partial charge >= 0.3 is 0 Å². The second-order valence-corrected chi connectivity index (χ2v) is 5.74.